The van der Waals surface area contributed by atoms with Gasteiger partial charge >= 0.3 is 5.97 Å². The molecule has 0 fully saturated rings. The molecule has 0 unspecified atom stereocenters. The minimum Gasteiger partial charge on any atom is -0.475 e. The van der Waals surface area contributed by atoms with Crippen molar-refractivity contribution in [1.29, 1.82) is 0 Å². The van der Waals surface area contributed by atoms with E-state index >= 15 is 0 Å². The molecule has 0 bridgehead atoms. The van der Waals surface area contributed by atoms with Gasteiger partial charge in [0.1, 0.15) is 17.3 Å². The summed E-state index contributed by atoms with van der Waals surface area (Å²) in [6.45, 7) is 1.79. The SMILES string of the molecule is CCc1nc(C(=O)O)nn1-c1cc(Br)ccc1F. The van der Waals surface area contributed by atoms with Gasteiger partial charge < -0.3 is 5.11 Å². The largest absolute Gasteiger partial charge is 0.475 e. The first-order chi connectivity index (χ1) is 8.52. The van der Waals surface area contributed by atoms with Gasteiger partial charge in [-0.25, -0.2) is 18.9 Å². The number of aromatic carboxylic acids is 1. The van der Waals surface area contributed by atoms with Crippen LogP contribution in [0.25, 0.3) is 5.69 Å². The van der Waals surface area contributed by atoms with E-state index in [2.05, 4.69) is 26.0 Å². The smallest absolute Gasteiger partial charge is 0.375 e. The Morgan fingerprint density at radius 3 is 2.89 bits per heavy atom. The predicted molar refractivity (Wildman–Crippen MR) is 65.4 cm³/mol. The fraction of sp³-hybridized carbons (Fsp3) is 0.182. The van der Waals surface area contributed by atoms with Crippen molar-refractivity contribution in [3.05, 3.63) is 40.1 Å². The van der Waals surface area contributed by atoms with Gasteiger partial charge in [0.25, 0.3) is 5.82 Å². The number of carboxylic acid groups (broad SMARTS) is 1. The second-order valence-corrected chi connectivity index (χ2v) is 4.43. The Labute approximate surface area is 110 Å². The van der Waals surface area contributed by atoms with Crippen LogP contribution in [0.3, 0.4) is 0 Å². The zero-order valence-electron chi connectivity index (χ0n) is 9.39. The highest BCUT2D eigenvalue weighted by Crippen LogP contribution is 2.20. The van der Waals surface area contributed by atoms with Gasteiger partial charge in [0.05, 0.1) is 0 Å². The summed E-state index contributed by atoms with van der Waals surface area (Å²) < 4.78 is 15.6. The third kappa shape index (κ3) is 2.26. The Kier molecular flexibility index (Phi) is 3.42. The Morgan fingerprint density at radius 1 is 1.56 bits per heavy atom. The fourth-order valence-electron chi connectivity index (χ4n) is 1.50. The molecule has 1 heterocycles. The van der Waals surface area contributed by atoms with Gasteiger partial charge in [-0.3, -0.25) is 0 Å². The molecular weight excluding hydrogens is 305 g/mol. The molecule has 94 valence electrons. The van der Waals surface area contributed by atoms with Crippen molar-refractivity contribution in [2.75, 3.05) is 0 Å². The van der Waals surface area contributed by atoms with Crippen LogP contribution in [0.1, 0.15) is 23.4 Å². The number of nitrogens with zero attached hydrogens (tertiary/aromatic N) is 3. The van der Waals surface area contributed by atoms with Crippen LogP contribution in [0.4, 0.5) is 4.39 Å². The first-order valence-electron chi connectivity index (χ1n) is 5.17. The zero-order valence-corrected chi connectivity index (χ0v) is 11.0. The number of aromatic nitrogens is 3. The lowest BCUT2D eigenvalue weighted by Crippen LogP contribution is -2.05. The van der Waals surface area contributed by atoms with Crippen molar-refractivity contribution in [1.82, 2.24) is 14.8 Å². The Morgan fingerprint density at radius 2 is 2.28 bits per heavy atom. The average molecular weight is 314 g/mol. The lowest BCUT2D eigenvalue weighted by atomic mass is 10.3. The number of hydrogen-bond acceptors (Lipinski definition) is 3. The van der Waals surface area contributed by atoms with Crippen LogP contribution in [0.5, 0.6) is 0 Å². The van der Waals surface area contributed by atoms with Crippen LogP contribution in [0, 0.1) is 5.82 Å². The van der Waals surface area contributed by atoms with E-state index < -0.39 is 11.8 Å². The summed E-state index contributed by atoms with van der Waals surface area (Å²) in [6, 6.07) is 4.36. The number of halogens is 2. The number of hydrogen-bond donors (Lipinski definition) is 1. The molecule has 1 aromatic heterocycles. The number of benzene rings is 1. The van der Waals surface area contributed by atoms with Crippen LogP contribution in [0.15, 0.2) is 22.7 Å². The van der Waals surface area contributed by atoms with Crippen molar-refractivity contribution >= 4 is 21.9 Å². The summed E-state index contributed by atoms with van der Waals surface area (Å²) in [4.78, 5) is 14.7. The lowest BCUT2D eigenvalue weighted by Gasteiger charge is -2.05. The molecule has 0 aliphatic heterocycles. The molecule has 0 spiro atoms. The maximum absolute atomic E-state index is 13.7. The summed E-state index contributed by atoms with van der Waals surface area (Å²) in [5.74, 6) is -1.68. The van der Waals surface area contributed by atoms with Gasteiger partial charge in [-0.2, -0.15) is 0 Å². The molecule has 1 N–H and O–H groups in total. The molecule has 0 saturated carbocycles. The van der Waals surface area contributed by atoms with E-state index in [0.717, 1.165) is 0 Å². The van der Waals surface area contributed by atoms with Gasteiger partial charge in [-0.15, -0.1) is 5.10 Å². The van der Waals surface area contributed by atoms with Gasteiger partial charge in [0, 0.05) is 10.9 Å². The molecule has 1 aromatic carbocycles. The molecule has 2 rings (SSSR count). The number of carbonyl (C=O) groups is 1. The van der Waals surface area contributed by atoms with E-state index in [1.807, 2.05) is 0 Å². The van der Waals surface area contributed by atoms with Gasteiger partial charge in [-0.1, -0.05) is 22.9 Å². The van der Waals surface area contributed by atoms with Gasteiger partial charge in [0.15, 0.2) is 0 Å². The molecule has 18 heavy (non-hydrogen) atoms. The molecule has 0 aliphatic carbocycles. The molecule has 0 saturated heterocycles. The minimum absolute atomic E-state index is 0.168. The van der Waals surface area contributed by atoms with Crippen LogP contribution in [-0.4, -0.2) is 25.8 Å². The first-order valence-corrected chi connectivity index (χ1v) is 5.97. The summed E-state index contributed by atoms with van der Waals surface area (Å²) >= 11 is 3.23. The highest BCUT2D eigenvalue weighted by Gasteiger charge is 2.17. The quantitative estimate of drug-likeness (QED) is 0.945. The highest BCUT2D eigenvalue weighted by atomic mass is 79.9. The van der Waals surface area contributed by atoms with E-state index in [1.54, 1.807) is 13.0 Å². The van der Waals surface area contributed by atoms with E-state index in [0.29, 0.717) is 16.7 Å². The maximum atomic E-state index is 13.7. The minimum atomic E-state index is -1.24. The lowest BCUT2D eigenvalue weighted by molar-refractivity contribution is 0.0683. The van der Waals surface area contributed by atoms with Crippen molar-refractivity contribution in [2.45, 2.75) is 13.3 Å². The van der Waals surface area contributed by atoms with Crippen molar-refractivity contribution in [3.63, 3.8) is 0 Å². The topological polar surface area (TPSA) is 68.0 Å². The third-order valence-electron chi connectivity index (χ3n) is 2.32. The van der Waals surface area contributed by atoms with Crippen LogP contribution < -0.4 is 0 Å². The monoisotopic (exact) mass is 313 g/mol. The highest BCUT2D eigenvalue weighted by molar-refractivity contribution is 9.10. The predicted octanol–water partition coefficient (Wildman–Crippen LogP) is 2.43. The Balaban J connectivity index is 2.62. The second kappa shape index (κ2) is 4.85. The molecule has 0 amide bonds. The molecule has 0 atom stereocenters. The number of carboxylic acids is 1. The Bertz CT molecular complexity index is 612. The van der Waals surface area contributed by atoms with Gasteiger partial charge in [0.2, 0.25) is 0 Å². The molecule has 2 aromatic rings. The van der Waals surface area contributed by atoms with Gasteiger partial charge in [-0.05, 0) is 18.2 Å². The van der Waals surface area contributed by atoms with E-state index in [-0.39, 0.29) is 11.5 Å². The van der Waals surface area contributed by atoms with Crippen molar-refractivity contribution in [3.8, 4) is 5.69 Å². The molecule has 0 radical (unpaired) electrons. The molecular formula is C11H9BrFN3O2. The normalized spacial score (nSPS) is 10.6. The fourth-order valence-corrected chi connectivity index (χ4v) is 1.85. The summed E-state index contributed by atoms with van der Waals surface area (Å²) in [5.41, 5.74) is 0.168. The average Bonchev–Trinajstić information content (AvgIpc) is 2.76. The second-order valence-electron chi connectivity index (χ2n) is 3.52. The van der Waals surface area contributed by atoms with Crippen LogP contribution in [0.2, 0.25) is 0 Å². The summed E-state index contributed by atoms with van der Waals surface area (Å²) in [7, 11) is 0. The van der Waals surface area contributed by atoms with Crippen molar-refractivity contribution < 1.29 is 14.3 Å². The standard InChI is InChI=1S/C11H9BrFN3O2/c1-2-9-14-10(11(17)18)15-16(9)8-5-6(12)3-4-7(8)13/h3-5H,2H2,1H3,(H,17,18). The molecule has 5 nitrogen and oxygen atoms in total. The summed E-state index contributed by atoms with van der Waals surface area (Å²) in [6.07, 6.45) is 0.451. The summed E-state index contributed by atoms with van der Waals surface area (Å²) in [5, 5.41) is 12.6. The van der Waals surface area contributed by atoms with E-state index in [1.165, 1.54) is 16.8 Å². The maximum Gasteiger partial charge on any atom is 0.375 e. The third-order valence-corrected chi connectivity index (χ3v) is 2.81. The first kappa shape index (κ1) is 12.7. The number of rotatable bonds is 3. The number of aryl methyl sites for hydroxylation is 1. The van der Waals surface area contributed by atoms with Crippen LogP contribution in [-0.2, 0) is 6.42 Å². The van der Waals surface area contributed by atoms with Crippen LogP contribution >= 0.6 is 15.9 Å². The van der Waals surface area contributed by atoms with E-state index in [9.17, 15) is 9.18 Å². The Hall–Kier alpha value is -1.76. The van der Waals surface area contributed by atoms with E-state index in [4.69, 9.17) is 5.11 Å². The molecule has 7 heteroatoms. The molecule has 0 aliphatic rings. The van der Waals surface area contributed by atoms with Crippen molar-refractivity contribution in [2.24, 2.45) is 0 Å². The zero-order chi connectivity index (χ0) is 13.3.